The Bertz CT molecular complexity index is 690. The Labute approximate surface area is 143 Å². The largest absolute Gasteiger partial charge is 0.490 e. The first kappa shape index (κ1) is 16.8. The van der Waals surface area contributed by atoms with Gasteiger partial charge in [-0.25, -0.2) is 0 Å². The molecule has 24 heavy (non-hydrogen) atoms. The second kappa shape index (κ2) is 8.15. The van der Waals surface area contributed by atoms with Gasteiger partial charge in [-0.3, -0.25) is 9.69 Å². The molecule has 1 aliphatic rings. The van der Waals surface area contributed by atoms with E-state index >= 15 is 0 Å². The zero-order chi connectivity index (χ0) is 16.8. The maximum Gasteiger partial charge on any atom is 0.227 e. The summed E-state index contributed by atoms with van der Waals surface area (Å²) in [7, 11) is 1.48. The zero-order valence-corrected chi connectivity index (χ0v) is 14.2. The van der Waals surface area contributed by atoms with E-state index in [2.05, 4.69) is 29.2 Å². The van der Waals surface area contributed by atoms with Crippen molar-refractivity contribution in [2.24, 2.45) is 0 Å². The van der Waals surface area contributed by atoms with Gasteiger partial charge in [0.2, 0.25) is 11.2 Å². The molecule has 4 heteroatoms. The van der Waals surface area contributed by atoms with Gasteiger partial charge < -0.3 is 9.15 Å². The van der Waals surface area contributed by atoms with Crippen LogP contribution < -0.4 is 10.2 Å². The Kier molecular flexibility index (Phi) is 5.70. The Morgan fingerprint density at radius 3 is 2.62 bits per heavy atom. The van der Waals surface area contributed by atoms with Crippen LogP contribution in [-0.2, 0) is 13.0 Å². The van der Waals surface area contributed by atoms with Crippen molar-refractivity contribution >= 4 is 0 Å². The van der Waals surface area contributed by atoms with Crippen molar-refractivity contribution in [3.63, 3.8) is 0 Å². The molecule has 3 rings (SSSR count). The van der Waals surface area contributed by atoms with Crippen LogP contribution in [0.5, 0.6) is 5.75 Å². The summed E-state index contributed by atoms with van der Waals surface area (Å²) in [5, 5.41) is 0. The smallest absolute Gasteiger partial charge is 0.227 e. The lowest BCUT2D eigenvalue weighted by Crippen LogP contribution is -2.34. The van der Waals surface area contributed by atoms with Gasteiger partial charge in [0.05, 0.1) is 13.7 Å². The predicted molar refractivity (Wildman–Crippen MR) is 94.3 cm³/mol. The van der Waals surface area contributed by atoms with Gasteiger partial charge in [-0.2, -0.15) is 0 Å². The molecule has 1 fully saturated rings. The van der Waals surface area contributed by atoms with Crippen molar-refractivity contribution in [1.82, 2.24) is 4.90 Å². The van der Waals surface area contributed by atoms with E-state index in [9.17, 15) is 4.79 Å². The molecule has 1 aromatic carbocycles. The lowest BCUT2D eigenvalue weighted by atomic mass is 10.1. The summed E-state index contributed by atoms with van der Waals surface area (Å²) in [5.74, 6) is 0.969. The van der Waals surface area contributed by atoms with Crippen LogP contribution in [0.4, 0.5) is 0 Å². The second-order valence-electron chi connectivity index (χ2n) is 6.42. The molecule has 1 heterocycles. The van der Waals surface area contributed by atoms with E-state index in [1.807, 2.05) is 6.07 Å². The standard InChI is InChI=1S/C20H25NO3/c1-23-20-15-24-18(13-19(20)22)14-21(17-9-5-6-10-17)12-11-16-7-3-2-4-8-16/h2-4,7-8,13,15,17H,5-6,9-12,14H2,1H3. The molecular weight excluding hydrogens is 302 g/mol. The van der Waals surface area contributed by atoms with Crippen molar-refractivity contribution in [3.8, 4) is 5.75 Å². The molecule has 1 aromatic heterocycles. The molecular formula is C20H25NO3. The van der Waals surface area contributed by atoms with Gasteiger partial charge >= 0.3 is 0 Å². The van der Waals surface area contributed by atoms with Crippen LogP contribution in [0.25, 0.3) is 0 Å². The number of nitrogens with zero attached hydrogens (tertiary/aromatic N) is 1. The molecule has 0 amide bonds. The summed E-state index contributed by atoms with van der Waals surface area (Å²) < 4.78 is 10.6. The fourth-order valence-corrected chi connectivity index (χ4v) is 3.45. The Morgan fingerprint density at radius 1 is 1.21 bits per heavy atom. The topological polar surface area (TPSA) is 42.7 Å². The number of benzene rings is 1. The third-order valence-corrected chi connectivity index (χ3v) is 4.80. The number of methoxy groups -OCH3 is 1. The van der Waals surface area contributed by atoms with Gasteiger partial charge in [0, 0.05) is 18.7 Å². The first-order valence-corrected chi connectivity index (χ1v) is 8.70. The molecule has 1 aliphatic carbocycles. The summed E-state index contributed by atoms with van der Waals surface area (Å²) in [4.78, 5) is 14.4. The minimum Gasteiger partial charge on any atom is -0.490 e. The molecule has 128 valence electrons. The highest BCUT2D eigenvalue weighted by Gasteiger charge is 2.23. The van der Waals surface area contributed by atoms with E-state index in [4.69, 9.17) is 9.15 Å². The minimum absolute atomic E-state index is 0.117. The fourth-order valence-electron chi connectivity index (χ4n) is 3.45. The number of ether oxygens (including phenoxy) is 1. The summed E-state index contributed by atoms with van der Waals surface area (Å²) in [6.45, 7) is 1.65. The van der Waals surface area contributed by atoms with Crippen LogP contribution in [0.2, 0.25) is 0 Å². The molecule has 0 saturated heterocycles. The van der Waals surface area contributed by atoms with Gasteiger partial charge in [-0.15, -0.1) is 0 Å². The summed E-state index contributed by atoms with van der Waals surface area (Å²) >= 11 is 0. The van der Waals surface area contributed by atoms with Crippen molar-refractivity contribution in [1.29, 1.82) is 0 Å². The predicted octanol–water partition coefficient (Wildman–Crippen LogP) is 3.64. The Hall–Kier alpha value is -2.07. The highest BCUT2D eigenvalue weighted by Crippen LogP contribution is 2.25. The van der Waals surface area contributed by atoms with E-state index in [0.717, 1.165) is 13.0 Å². The van der Waals surface area contributed by atoms with Gasteiger partial charge in [-0.05, 0) is 24.8 Å². The first-order valence-electron chi connectivity index (χ1n) is 8.70. The maximum absolute atomic E-state index is 11.9. The quantitative estimate of drug-likeness (QED) is 0.779. The molecule has 0 spiro atoms. The van der Waals surface area contributed by atoms with E-state index < -0.39 is 0 Å². The van der Waals surface area contributed by atoms with Crippen LogP contribution in [0.1, 0.15) is 37.0 Å². The van der Waals surface area contributed by atoms with Crippen LogP contribution >= 0.6 is 0 Å². The van der Waals surface area contributed by atoms with Crippen LogP contribution in [-0.4, -0.2) is 24.6 Å². The SMILES string of the molecule is COc1coc(CN(CCc2ccccc2)C2CCCC2)cc1=O. The lowest BCUT2D eigenvalue weighted by Gasteiger charge is -2.28. The molecule has 0 N–H and O–H groups in total. The van der Waals surface area contributed by atoms with E-state index in [1.165, 1.54) is 44.6 Å². The fraction of sp³-hybridized carbons (Fsp3) is 0.450. The van der Waals surface area contributed by atoms with E-state index in [1.54, 1.807) is 6.07 Å². The lowest BCUT2D eigenvalue weighted by molar-refractivity contribution is 0.175. The molecule has 0 radical (unpaired) electrons. The van der Waals surface area contributed by atoms with Gasteiger partial charge in [0.1, 0.15) is 12.0 Å². The summed E-state index contributed by atoms with van der Waals surface area (Å²) in [6.07, 6.45) is 7.47. The van der Waals surface area contributed by atoms with Crippen molar-refractivity contribution in [2.45, 2.75) is 44.7 Å². The maximum atomic E-state index is 11.9. The van der Waals surface area contributed by atoms with Crippen molar-refractivity contribution < 1.29 is 9.15 Å². The zero-order valence-electron chi connectivity index (χ0n) is 14.2. The third kappa shape index (κ3) is 4.26. The van der Waals surface area contributed by atoms with Crippen LogP contribution in [0.15, 0.2) is 51.9 Å². The molecule has 0 aliphatic heterocycles. The normalized spacial score (nSPS) is 15.1. The molecule has 0 bridgehead atoms. The summed E-state index contributed by atoms with van der Waals surface area (Å²) in [5.41, 5.74) is 1.23. The number of hydrogen-bond acceptors (Lipinski definition) is 4. The molecule has 0 unspecified atom stereocenters. The van der Waals surface area contributed by atoms with Crippen molar-refractivity contribution in [3.05, 3.63) is 64.2 Å². The van der Waals surface area contributed by atoms with Gasteiger partial charge in [-0.1, -0.05) is 43.2 Å². The second-order valence-corrected chi connectivity index (χ2v) is 6.42. The molecule has 0 atom stereocenters. The number of rotatable bonds is 7. The average Bonchev–Trinajstić information content (AvgIpc) is 3.14. The third-order valence-electron chi connectivity index (χ3n) is 4.80. The molecule has 2 aromatic rings. The molecule has 1 saturated carbocycles. The van der Waals surface area contributed by atoms with E-state index in [-0.39, 0.29) is 11.2 Å². The Balaban J connectivity index is 1.70. The van der Waals surface area contributed by atoms with Gasteiger partial charge in [0.15, 0.2) is 0 Å². The summed E-state index contributed by atoms with van der Waals surface area (Å²) in [6, 6.07) is 12.7. The highest BCUT2D eigenvalue weighted by molar-refractivity contribution is 5.18. The van der Waals surface area contributed by atoms with E-state index in [0.29, 0.717) is 18.3 Å². The first-order chi connectivity index (χ1) is 11.8. The Morgan fingerprint density at radius 2 is 1.96 bits per heavy atom. The minimum atomic E-state index is -0.117. The average molecular weight is 327 g/mol. The number of hydrogen-bond donors (Lipinski definition) is 0. The molecule has 4 nitrogen and oxygen atoms in total. The van der Waals surface area contributed by atoms with Crippen LogP contribution in [0.3, 0.4) is 0 Å². The van der Waals surface area contributed by atoms with Crippen LogP contribution in [0, 0.1) is 0 Å². The monoisotopic (exact) mass is 327 g/mol. The van der Waals surface area contributed by atoms with Crippen molar-refractivity contribution in [2.75, 3.05) is 13.7 Å². The highest BCUT2D eigenvalue weighted by atomic mass is 16.5. The van der Waals surface area contributed by atoms with Gasteiger partial charge in [0.25, 0.3) is 0 Å².